The fourth-order valence-corrected chi connectivity index (χ4v) is 3.37. The van der Waals surface area contributed by atoms with Gasteiger partial charge in [0.25, 0.3) is 0 Å². The third kappa shape index (κ3) is 3.69. The highest BCUT2D eigenvalue weighted by Gasteiger charge is 2.35. The van der Waals surface area contributed by atoms with Gasteiger partial charge in [-0.05, 0) is 25.8 Å². The van der Waals surface area contributed by atoms with Crippen LogP contribution in [0.15, 0.2) is 0 Å². The molecule has 94 valence electrons. The Hall–Kier alpha value is -0.170. The number of hydrogen-bond acceptors (Lipinski definition) is 4. The highest BCUT2D eigenvalue weighted by molar-refractivity contribution is 7.90. The number of nitrogens with one attached hydrogen (secondary N) is 2. The molecular formula is C10H21N3O2S. The first-order valence-corrected chi connectivity index (χ1v) is 7.65. The maximum Gasteiger partial charge on any atom is 0.214 e. The number of hydrogen-bond donors (Lipinski definition) is 2. The highest BCUT2D eigenvalue weighted by Crippen LogP contribution is 2.27. The van der Waals surface area contributed by atoms with Crippen molar-refractivity contribution in [2.75, 3.05) is 39.3 Å². The maximum atomic E-state index is 11.5. The minimum atomic E-state index is -2.97. The molecule has 0 amide bonds. The quantitative estimate of drug-likeness (QED) is 0.613. The van der Waals surface area contributed by atoms with Crippen molar-refractivity contribution in [1.82, 2.24) is 14.9 Å². The smallest absolute Gasteiger partial charge is 0.214 e. The van der Waals surface area contributed by atoms with E-state index in [1.54, 1.807) is 0 Å². The monoisotopic (exact) mass is 247 g/mol. The largest absolute Gasteiger partial charge is 0.314 e. The molecule has 2 aliphatic rings. The zero-order valence-corrected chi connectivity index (χ0v) is 10.4. The summed E-state index contributed by atoms with van der Waals surface area (Å²) in [6.07, 6.45) is 2.59. The summed E-state index contributed by atoms with van der Waals surface area (Å²) in [6.45, 7) is 5.84. The molecule has 0 aromatic heterocycles. The summed E-state index contributed by atoms with van der Waals surface area (Å²) in [7, 11) is -2.97. The summed E-state index contributed by atoms with van der Waals surface area (Å²) in [5, 5.41) is 3.21. The molecule has 2 fully saturated rings. The first-order chi connectivity index (χ1) is 7.68. The SMILES string of the molecule is O=S(=O)(NCCCN1CCNCC1)C1CC1. The number of rotatable bonds is 6. The average molecular weight is 247 g/mol. The van der Waals surface area contributed by atoms with E-state index in [9.17, 15) is 8.42 Å². The van der Waals surface area contributed by atoms with Crippen LogP contribution in [0.25, 0.3) is 0 Å². The first-order valence-electron chi connectivity index (χ1n) is 6.10. The van der Waals surface area contributed by atoms with Crippen LogP contribution in [0.1, 0.15) is 19.3 Å². The molecule has 0 aromatic carbocycles. The lowest BCUT2D eigenvalue weighted by Gasteiger charge is -2.27. The molecule has 0 spiro atoms. The maximum absolute atomic E-state index is 11.5. The second-order valence-electron chi connectivity index (χ2n) is 4.58. The van der Waals surface area contributed by atoms with Gasteiger partial charge in [-0.25, -0.2) is 13.1 Å². The van der Waals surface area contributed by atoms with E-state index < -0.39 is 10.0 Å². The fourth-order valence-electron chi connectivity index (χ4n) is 1.95. The molecule has 1 saturated heterocycles. The summed E-state index contributed by atoms with van der Waals surface area (Å²) < 4.78 is 25.7. The molecule has 1 heterocycles. The Morgan fingerprint density at radius 3 is 2.56 bits per heavy atom. The van der Waals surface area contributed by atoms with E-state index in [-0.39, 0.29) is 5.25 Å². The zero-order valence-electron chi connectivity index (χ0n) is 9.61. The van der Waals surface area contributed by atoms with Crippen molar-refractivity contribution in [3.05, 3.63) is 0 Å². The molecule has 16 heavy (non-hydrogen) atoms. The molecule has 0 unspecified atom stereocenters. The molecular weight excluding hydrogens is 226 g/mol. The van der Waals surface area contributed by atoms with Crippen molar-refractivity contribution in [3.63, 3.8) is 0 Å². The van der Waals surface area contributed by atoms with Gasteiger partial charge >= 0.3 is 0 Å². The van der Waals surface area contributed by atoms with E-state index in [1.807, 2.05) is 0 Å². The first kappa shape index (κ1) is 12.3. The Morgan fingerprint density at radius 1 is 1.25 bits per heavy atom. The highest BCUT2D eigenvalue weighted by atomic mass is 32.2. The van der Waals surface area contributed by atoms with Gasteiger partial charge in [-0.1, -0.05) is 0 Å². The Kier molecular flexibility index (Phi) is 4.18. The summed E-state index contributed by atoms with van der Waals surface area (Å²) in [5.41, 5.74) is 0. The Bertz CT molecular complexity index is 308. The number of sulfonamides is 1. The molecule has 0 radical (unpaired) electrons. The molecule has 1 aliphatic carbocycles. The van der Waals surface area contributed by atoms with Gasteiger partial charge in [-0.15, -0.1) is 0 Å². The normalized spacial score (nSPS) is 23.5. The molecule has 2 rings (SSSR count). The number of nitrogens with zero attached hydrogens (tertiary/aromatic N) is 1. The van der Waals surface area contributed by atoms with E-state index in [0.29, 0.717) is 6.54 Å². The number of piperazine rings is 1. The second kappa shape index (κ2) is 5.44. The molecule has 2 N–H and O–H groups in total. The van der Waals surface area contributed by atoms with Crippen molar-refractivity contribution in [3.8, 4) is 0 Å². The molecule has 1 aliphatic heterocycles. The van der Waals surface area contributed by atoms with Crippen LogP contribution in [0, 0.1) is 0 Å². The molecule has 6 heteroatoms. The minimum absolute atomic E-state index is 0.0910. The Balaban J connectivity index is 1.57. The van der Waals surface area contributed by atoms with Gasteiger partial charge in [-0.3, -0.25) is 0 Å². The van der Waals surface area contributed by atoms with Gasteiger partial charge in [0.05, 0.1) is 5.25 Å². The summed E-state index contributed by atoms with van der Waals surface area (Å²) in [5.74, 6) is 0. The second-order valence-corrected chi connectivity index (χ2v) is 6.63. The van der Waals surface area contributed by atoms with E-state index in [2.05, 4.69) is 14.9 Å². The predicted octanol–water partition coefficient (Wildman–Crippen LogP) is -0.636. The van der Waals surface area contributed by atoms with Crippen LogP contribution in [0.5, 0.6) is 0 Å². The van der Waals surface area contributed by atoms with Crippen molar-refractivity contribution >= 4 is 10.0 Å². The van der Waals surface area contributed by atoms with E-state index in [1.165, 1.54) is 0 Å². The van der Waals surface area contributed by atoms with Gasteiger partial charge in [-0.2, -0.15) is 0 Å². The van der Waals surface area contributed by atoms with Crippen LogP contribution in [0.3, 0.4) is 0 Å². The molecule has 0 bridgehead atoms. The van der Waals surface area contributed by atoms with Gasteiger partial charge < -0.3 is 10.2 Å². The van der Waals surface area contributed by atoms with E-state index in [0.717, 1.165) is 52.0 Å². The summed E-state index contributed by atoms with van der Waals surface area (Å²) >= 11 is 0. The molecule has 0 aromatic rings. The lowest BCUT2D eigenvalue weighted by molar-refractivity contribution is 0.239. The van der Waals surface area contributed by atoms with Crippen LogP contribution in [-0.2, 0) is 10.0 Å². The topological polar surface area (TPSA) is 61.4 Å². The minimum Gasteiger partial charge on any atom is -0.314 e. The molecule has 5 nitrogen and oxygen atoms in total. The van der Waals surface area contributed by atoms with Crippen LogP contribution in [-0.4, -0.2) is 57.8 Å². The fraction of sp³-hybridized carbons (Fsp3) is 1.00. The van der Waals surface area contributed by atoms with Crippen molar-refractivity contribution in [2.24, 2.45) is 0 Å². The summed E-state index contributed by atoms with van der Waals surface area (Å²) in [4.78, 5) is 2.38. The van der Waals surface area contributed by atoms with Crippen molar-refractivity contribution in [2.45, 2.75) is 24.5 Å². The predicted molar refractivity (Wildman–Crippen MR) is 63.9 cm³/mol. The van der Waals surface area contributed by atoms with Crippen LogP contribution in [0.2, 0.25) is 0 Å². The average Bonchev–Trinajstić information content (AvgIpc) is 3.10. The molecule has 1 saturated carbocycles. The molecule has 0 atom stereocenters. The van der Waals surface area contributed by atoms with Gasteiger partial charge in [0.1, 0.15) is 0 Å². The Labute approximate surface area is 97.6 Å². The van der Waals surface area contributed by atoms with Crippen LogP contribution >= 0.6 is 0 Å². The standard InChI is InChI=1S/C10H21N3O2S/c14-16(15,10-2-3-10)12-4-1-7-13-8-5-11-6-9-13/h10-12H,1-9H2. The van der Waals surface area contributed by atoms with Crippen molar-refractivity contribution in [1.29, 1.82) is 0 Å². The van der Waals surface area contributed by atoms with Crippen molar-refractivity contribution < 1.29 is 8.42 Å². The Morgan fingerprint density at radius 2 is 1.94 bits per heavy atom. The zero-order chi connectivity index (χ0) is 11.4. The van der Waals surface area contributed by atoms with E-state index in [4.69, 9.17) is 0 Å². The third-order valence-electron chi connectivity index (χ3n) is 3.13. The van der Waals surface area contributed by atoms with E-state index >= 15 is 0 Å². The summed E-state index contributed by atoms with van der Waals surface area (Å²) in [6, 6.07) is 0. The lowest BCUT2D eigenvalue weighted by atomic mass is 10.3. The lowest BCUT2D eigenvalue weighted by Crippen LogP contribution is -2.44. The van der Waals surface area contributed by atoms with Gasteiger partial charge in [0.2, 0.25) is 10.0 Å². The van der Waals surface area contributed by atoms with Gasteiger partial charge in [0.15, 0.2) is 0 Å². The third-order valence-corrected chi connectivity index (χ3v) is 5.08. The van der Waals surface area contributed by atoms with Gasteiger partial charge in [0, 0.05) is 32.7 Å². The van der Waals surface area contributed by atoms with Crippen LogP contribution < -0.4 is 10.0 Å². The van der Waals surface area contributed by atoms with Crippen LogP contribution in [0.4, 0.5) is 0 Å².